The summed E-state index contributed by atoms with van der Waals surface area (Å²) in [4.78, 5) is 3.98. The zero-order chi connectivity index (χ0) is 16.1. The fourth-order valence-corrected chi connectivity index (χ4v) is 2.23. The predicted molar refractivity (Wildman–Crippen MR) is 84.7 cm³/mol. The summed E-state index contributed by atoms with van der Waals surface area (Å²) in [6.45, 7) is 0. The lowest BCUT2D eigenvalue weighted by Gasteiger charge is -2.08. The molecule has 112 valence electrons. The van der Waals surface area contributed by atoms with Gasteiger partial charge in [0.25, 0.3) is 0 Å². The van der Waals surface area contributed by atoms with Gasteiger partial charge in [-0.05, 0) is 41.8 Å². The van der Waals surface area contributed by atoms with Gasteiger partial charge in [0, 0.05) is 0 Å². The third kappa shape index (κ3) is 3.50. The first-order valence-corrected chi connectivity index (χ1v) is 7.06. The number of allylic oxidation sites excluding steroid dienone is 1. The van der Waals surface area contributed by atoms with Crippen molar-refractivity contribution in [1.82, 2.24) is 14.8 Å². The summed E-state index contributed by atoms with van der Waals surface area (Å²) in [7, 11) is 0. The Kier molecular flexibility index (Phi) is 4.25. The van der Waals surface area contributed by atoms with Gasteiger partial charge in [-0.3, -0.25) is 0 Å². The molecular formula is C18H13FN4. The molecule has 0 atom stereocenters. The lowest BCUT2D eigenvalue weighted by atomic mass is 10.1. The second-order valence-electron chi connectivity index (χ2n) is 4.95. The number of hydrogen-bond donors (Lipinski definition) is 0. The van der Waals surface area contributed by atoms with Crippen LogP contribution in [-0.2, 0) is 6.42 Å². The van der Waals surface area contributed by atoms with Gasteiger partial charge in [-0.25, -0.2) is 14.1 Å². The van der Waals surface area contributed by atoms with E-state index in [-0.39, 0.29) is 5.82 Å². The third-order valence-corrected chi connectivity index (χ3v) is 3.42. The lowest BCUT2D eigenvalue weighted by molar-refractivity contribution is 0.627. The average Bonchev–Trinajstić information content (AvgIpc) is 3.12. The molecule has 0 saturated heterocycles. The van der Waals surface area contributed by atoms with Crippen molar-refractivity contribution in [2.45, 2.75) is 6.42 Å². The SMILES string of the molecule is N#Cc1ccc(/C(=C/Cc2ccc(F)cc2)n2cncn2)cc1. The zero-order valence-corrected chi connectivity index (χ0v) is 12.2. The molecule has 2 aromatic carbocycles. The Balaban J connectivity index is 1.93. The molecule has 5 heteroatoms. The van der Waals surface area contributed by atoms with Gasteiger partial charge >= 0.3 is 0 Å². The van der Waals surface area contributed by atoms with Crippen LogP contribution in [0.5, 0.6) is 0 Å². The first kappa shape index (κ1) is 14.7. The normalized spacial score (nSPS) is 11.2. The molecule has 1 heterocycles. The third-order valence-electron chi connectivity index (χ3n) is 3.42. The van der Waals surface area contributed by atoms with E-state index in [4.69, 9.17) is 5.26 Å². The number of halogens is 1. The average molecular weight is 304 g/mol. The maximum atomic E-state index is 13.0. The Morgan fingerprint density at radius 2 is 1.87 bits per heavy atom. The van der Waals surface area contributed by atoms with E-state index >= 15 is 0 Å². The van der Waals surface area contributed by atoms with Crippen molar-refractivity contribution in [2.24, 2.45) is 0 Å². The largest absolute Gasteiger partial charge is 0.223 e. The van der Waals surface area contributed by atoms with Crippen molar-refractivity contribution in [1.29, 1.82) is 5.26 Å². The molecule has 0 amide bonds. The molecule has 0 aliphatic heterocycles. The molecule has 0 radical (unpaired) electrons. The van der Waals surface area contributed by atoms with E-state index in [0.717, 1.165) is 16.8 Å². The Morgan fingerprint density at radius 1 is 1.13 bits per heavy atom. The zero-order valence-electron chi connectivity index (χ0n) is 12.2. The van der Waals surface area contributed by atoms with Gasteiger partial charge in [0.05, 0.1) is 17.3 Å². The van der Waals surface area contributed by atoms with Gasteiger partial charge in [-0.2, -0.15) is 10.4 Å². The molecule has 3 aromatic rings. The number of nitriles is 1. The number of rotatable bonds is 4. The molecule has 0 unspecified atom stereocenters. The molecule has 23 heavy (non-hydrogen) atoms. The van der Waals surface area contributed by atoms with Crippen LogP contribution in [0.4, 0.5) is 4.39 Å². The van der Waals surface area contributed by atoms with Gasteiger partial charge in [0.1, 0.15) is 18.5 Å². The number of nitrogens with zero attached hydrogens (tertiary/aromatic N) is 4. The first-order chi connectivity index (χ1) is 11.3. The molecule has 0 aliphatic carbocycles. The van der Waals surface area contributed by atoms with Crippen LogP contribution >= 0.6 is 0 Å². The van der Waals surface area contributed by atoms with Gasteiger partial charge in [0.2, 0.25) is 0 Å². The maximum Gasteiger partial charge on any atom is 0.138 e. The van der Waals surface area contributed by atoms with Crippen LogP contribution in [0, 0.1) is 17.1 Å². The highest BCUT2D eigenvalue weighted by Gasteiger charge is 2.06. The van der Waals surface area contributed by atoms with Crippen LogP contribution in [0.25, 0.3) is 5.70 Å². The summed E-state index contributed by atoms with van der Waals surface area (Å²) in [5.41, 5.74) is 3.39. The molecule has 0 bridgehead atoms. The Labute approximate surface area is 133 Å². The van der Waals surface area contributed by atoms with Crippen molar-refractivity contribution in [3.63, 3.8) is 0 Å². The number of hydrogen-bond acceptors (Lipinski definition) is 3. The van der Waals surface area contributed by atoms with Gasteiger partial charge in [-0.1, -0.05) is 30.3 Å². The fourth-order valence-electron chi connectivity index (χ4n) is 2.23. The molecule has 0 N–H and O–H groups in total. The van der Waals surface area contributed by atoms with Crippen molar-refractivity contribution < 1.29 is 4.39 Å². The van der Waals surface area contributed by atoms with Crippen molar-refractivity contribution in [3.8, 4) is 6.07 Å². The Bertz CT molecular complexity index is 842. The van der Waals surface area contributed by atoms with E-state index in [1.807, 2.05) is 18.2 Å². The summed E-state index contributed by atoms with van der Waals surface area (Å²) in [5, 5.41) is 13.1. The molecule has 0 saturated carbocycles. The molecule has 1 aromatic heterocycles. The fraction of sp³-hybridized carbons (Fsp3) is 0.0556. The second kappa shape index (κ2) is 6.67. The Morgan fingerprint density at radius 3 is 2.48 bits per heavy atom. The molecule has 0 spiro atoms. The number of aromatic nitrogens is 3. The van der Waals surface area contributed by atoms with E-state index in [1.54, 1.807) is 35.3 Å². The van der Waals surface area contributed by atoms with Crippen LogP contribution in [0.2, 0.25) is 0 Å². The highest BCUT2D eigenvalue weighted by molar-refractivity contribution is 5.65. The Hall–Kier alpha value is -3.26. The van der Waals surface area contributed by atoms with Gasteiger partial charge in [-0.15, -0.1) is 0 Å². The predicted octanol–water partition coefficient (Wildman–Crippen LogP) is 3.42. The molecular weight excluding hydrogens is 291 g/mol. The first-order valence-electron chi connectivity index (χ1n) is 7.06. The highest BCUT2D eigenvalue weighted by atomic mass is 19.1. The summed E-state index contributed by atoms with van der Waals surface area (Å²) >= 11 is 0. The monoisotopic (exact) mass is 304 g/mol. The summed E-state index contributed by atoms with van der Waals surface area (Å²) in [6.07, 6.45) is 5.73. The summed E-state index contributed by atoms with van der Waals surface area (Å²) in [6, 6.07) is 15.8. The summed E-state index contributed by atoms with van der Waals surface area (Å²) < 4.78 is 14.7. The van der Waals surface area contributed by atoms with Crippen LogP contribution in [-0.4, -0.2) is 14.8 Å². The van der Waals surface area contributed by atoms with Crippen LogP contribution in [0.15, 0.2) is 67.3 Å². The minimum absolute atomic E-state index is 0.249. The molecule has 0 aliphatic rings. The van der Waals surface area contributed by atoms with Gasteiger partial charge in [0.15, 0.2) is 0 Å². The van der Waals surface area contributed by atoms with E-state index in [1.165, 1.54) is 18.5 Å². The molecule has 4 nitrogen and oxygen atoms in total. The van der Waals surface area contributed by atoms with E-state index < -0.39 is 0 Å². The molecule has 0 fully saturated rings. The lowest BCUT2D eigenvalue weighted by Crippen LogP contribution is -2.00. The van der Waals surface area contributed by atoms with Crippen LogP contribution in [0.1, 0.15) is 16.7 Å². The summed E-state index contributed by atoms with van der Waals surface area (Å²) in [5.74, 6) is -0.249. The quantitative estimate of drug-likeness (QED) is 0.742. The van der Waals surface area contributed by atoms with E-state index in [2.05, 4.69) is 16.2 Å². The van der Waals surface area contributed by atoms with Crippen molar-refractivity contribution in [2.75, 3.05) is 0 Å². The van der Waals surface area contributed by atoms with Crippen LogP contribution in [0.3, 0.4) is 0 Å². The standard InChI is InChI=1S/C18H13FN4/c19-17-8-3-14(4-9-17)5-10-18(23-13-21-12-22-23)16-6-1-15(11-20)2-7-16/h1-4,6-10,12-13H,5H2/b18-10-. The maximum absolute atomic E-state index is 13.0. The van der Waals surface area contributed by atoms with Crippen molar-refractivity contribution >= 4 is 5.70 Å². The molecule has 3 rings (SSSR count). The highest BCUT2D eigenvalue weighted by Crippen LogP contribution is 2.18. The van der Waals surface area contributed by atoms with E-state index in [9.17, 15) is 4.39 Å². The smallest absolute Gasteiger partial charge is 0.138 e. The van der Waals surface area contributed by atoms with Crippen molar-refractivity contribution in [3.05, 3.63) is 89.8 Å². The van der Waals surface area contributed by atoms with Gasteiger partial charge < -0.3 is 0 Å². The minimum Gasteiger partial charge on any atom is -0.223 e. The van der Waals surface area contributed by atoms with Crippen LogP contribution < -0.4 is 0 Å². The topological polar surface area (TPSA) is 54.5 Å². The number of benzene rings is 2. The van der Waals surface area contributed by atoms with E-state index in [0.29, 0.717) is 12.0 Å². The minimum atomic E-state index is -0.249. The second-order valence-corrected chi connectivity index (χ2v) is 4.95.